The average Bonchev–Trinajstić information content (AvgIpc) is 2.73. The molecule has 0 unspecified atom stereocenters. The fraction of sp³-hybridized carbons (Fsp3) is 0.364. The van der Waals surface area contributed by atoms with Crippen molar-refractivity contribution in [2.24, 2.45) is 0 Å². The van der Waals surface area contributed by atoms with Gasteiger partial charge in [-0.1, -0.05) is 36.0 Å². The van der Waals surface area contributed by atoms with Gasteiger partial charge in [0, 0.05) is 35.1 Å². The highest BCUT2D eigenvalue weighted by Gasteiger charge is 2.35. The minimum Gasteiger partial charge on any atom is -0.381 e. The lowest BCUT2D eigenvalue weighted by Crippen LogP contribution is -2.55. The summed E-state index contributed by atoms with van der Waals surface area (Å²) in [6.45, 7) is 2.01. The molecule has 28 heavy (non-hydrogen) atoms. The molecule has 1 amide bonds. The monoisotopic (exact) mass is 395 g/mol. The highest BCUT2D eigenvalue weighted by Crippen LogP contribution is 2.33. The number of hydrogen-bond donors (Lipinski definition) is 1. The molecular weight excluding hydrogens is 370 g/mol. The van der Waals surface area contributed by atoms with Gasteiger partial charge in [-0.15, -0.1) is 0 Å². The first-order valence-electron chi connectivity index (χ1n) is 9.35. The lowest BCUT2D eigenvalue weighted by atomic mass is 9.88. The first-order chi connectivity index (χ1) is 13.6. The second-order valence-corrected chi connectivity index (χ2v) is 8.20. The Bertz CT molecular complexity index is 870. The zero-order valence-electron chi connectivity index (χ0n) is 16.3. The second-order valence-electron chi connectivity index (χ2n) is 7.12. The van der Waals surface area contributed by atoms with Crippen LogP contribution >= 0.6 is 11.8 Å². The molecule has 2 aromatic rings. The van der Waals surface area contributed by atoms with E-state index in [9.17, 15) is 10.1 Å². The maximum absolute atomic E-state index is 13.0. The third kappa shape index (κ3) is 4.56. The Morgan fingerprint density at radius 3 is 2.46 bits per heavy atom. The van der Waals surface area contributed by atoms with E-state index in [1.165, 1.54) is 11.8 Å². The minimum atomic E-state index is -0.0924. The van der Waals surface area contributed by atoms with Crippen molar-refractivity contribution in [1.82, 2.24) is 10.2 Å². The number of ether oxygens (including phenoxy) is 1. The van der Waals surface area contributed by atoms with Crippen LogP contribution in [0.15, 0.2) is 58.3 Å². The molecule has 1 aliphatic rings. The Labute approximate surface area is 170 Å². The fourth-order valence-corrected chi connectivity index (χ4v) is 4.41. The summed E-state index contributed by atoms with van der Waals surface area (Å²) in [5.74, 6) is -0.0924. The van der Waals surface area contributed by atoms with Gasteiger partial charge in [-0.2, -0.15) is 5.26 Å². The highest BCUT2D eigenvalue weighted by atomic mass is 32.2. The summed E-state index contributed by atoms with van der Waals surface area (Å²) < 4.78 is 5.50. The number of nitrogens with zero attached hydrogens (tertiary/aromatic N) is 2. The van der Waals surface area contributed by atoms with E-state index in [1.54, 1.807) is 6.07 Å². The third-order valence-electron chi connectivity index (χ3n) is 5.31. The second kappa shape index (κ2) is 9.24. The van der Waals surface area contributed by atoms with E-state index < -0.39 is 0 Å². The zero-order valence-corrected chi connectivity index (χ0v) is 17.1. The SMILES string of the molecule is CN(C)C1(CNC(=O)c2ccccc2Sc2ccccc2C#N)CCOCC1. The van der Waals surface area contributed by atoms with Gasteiger partial charge in [0.15, 0.2) is 0 Å². The maximum atomic E-state index is 13.0. The van der Waals surface area contributed by atoms with Gasteiger partial charge in [0.2, 0.25) is 0 Å². The molecule has 3 rings (SSSR count). The summed E-state index contributed by atoms with van der Waals surface area (Å²) in [6.07, 6.45) is 1.79. The number of carbonyl (C=O) groups excluding carboxylic acids is 1. The Morgan fingerprint density at radius 2 is 1.79 bits per heavy atom. The molecule has 6 heteroatoms. The van der Waals surface area contributed by atoms with Crippen LogP contribution in [0.2, 0.25) is 0 Å². The summed E-state index contributed by atoms with van der Waals surface area (Å²) in [5.41, 5.74) is 1.15. The fourth-order valence-electron chi connectivity index (χ4n) is 3.38. The van der Waals surface area contributed by atoms with Gasteiger partial charge < -0.3 is 15.0 Å². The molecule has 1 heterocycles. The van der Waals surface area contributed by atoms with Crippen LogP contribution < -0.4 is 5.32 Å². The van der Waals surface area contributed by atoms with Crippen molar-refractivity contribution in [3.05, 3.63) is 59.7 Å². The van der Waals surface area contributed by atoms with Crippen molar-refractivity contribution in [1.29, 1.82) is 5.26 Å². The van der Waals surface area contributed by atoms with E-state index in [4.69, 9.17) is 4.74 Å². The molecular formula is C22H25N3O2S. The van der Waals surface area contributed by atoms with Crippen LogP contribution in [0.25, 0.3) is 0 Å². The van der Waals surface area contributed by atoms with Crippen molar-refractivity contribution >= 4 is 17.7 Å². The van der Waals surface area contributed by atoms with Crippen molar-refractivity contribution in [3.8, 4) is 6.07 Å². The van der Waals surface area contributed by atoms with Crippen molar-refractivity contribution in [3.63, 3.8) is 0 Å². The molecule has 5 nitrogen and oxygen atoms in total. The van der Waals surface area contributed by atoms with Crippen molar-refractivity contribution in [2.45, 2.75) is 28.2 Å². The standard InChI is InChI=1S/C22H25N3O2S/c1-25(2)22(11-13-27-14-12-22)16-24-21(26)18-8-4-6-10-20(18)28-19-9-5-3-7-17(19)15-23/h3-10H,11-14,16H2,1-2H3,(H,24,26). The molecule has 0 atom stereocenters. The third-order valence-corrected chi connectivity index (χ3v) is 6.46. The molecule has 0 aliphatic carbocycles. The Morgan fingerprint density at radius 1 is 1.14 bits per heavy atom. The number of nitriles is 1. The van der Waals surface area contributed by atoms with Crippen LogP contribution in [0.1, 0.15) is 28.8 Å². The van der Waals surface area contributed by atoms with E-state index in [2.05, 4.69) is 30.4 Å². The van der Waals surface area contributed by atoms with Gasteiger partial charge in [-0.25, -0.2) is 0 Å². The predicted octanol–water partition coefficient (Wildman–Crippen LogP) is 3.55. The molecule has 146 valence electrons. The average molecular weight is 396 g/mol. The first kappa shape index (κ1) is 20.4. The number of benzene rings is 2. The van der Waals surface area contributed by atoms with E-state index >= 15 is 0 Å². The van der Waals surface area contributed by atoms with Gasteiger partial charge in [0.25, 0.3) is 5.91 Å². The molecule has 1 fully saturated rings. The van der Waals surface area contributed by atoms with Crippen molar-refractivity contribution < 1.29 is 9.53 Å². The van der Waals surface area contributed by atoms with Crippen LogP contribution in [0.5, 0.6) is 0 Å². The van der Waals surface area contributed by atoms with Crippen LogP contribution in [0.4, 0.5) is 0 Å². The van der Waals surface area contributed by atoms with Crippen LogP contribution in [0.3, 0.4) is 0 Å². The van der Waals surface area contributed by atoms with Gasteiger partial charge in [-0.05, 0) is 51.2 Å². The Balaban J connectivity index is 1.77. The Hall–Kier alpha value is -2.33. The smallest absolute Gasteiger partial charge is 0.252 e. The number of likely N-dealkylation sites (N-methyl/N-ethyl adjacent to an activating group) is 1. The van der Waals surface area contributed by atoms with Crippen LogP contribution in [0, 0.1) is 11.3 Å². The molecule has 0 spiro atoms. The molecule has 0 bridgehead atoms. The quantitative estimate of drug-likeness (QED) is 0.810. The molecule has 1 saturated heterocycles. The molecule has 0 aromatic heterocycles. The van der Waals surface area contributed by atoms with Gasteiger partial charge in [-0.3, -0.25) is 4.79 Å². The van der Waals surface area contributed by atoms with Gasteiger partial charge in [0.05, 0.1) is 11.1 Å². The first-order valence-corrected chi connectivity index (χ1v) is 10.2. The van der Waals surface area contributed by atoms with E-state index in [0.717, 1.165) is 22.6 Å². The number of hydrogen-bond acceptors (Lipinski definition) is 5. The predicted molar refractivity (Wildman–Crippen MR) is 111 cm³/mol. The zero-order chi connectivity index (χ0) is 20.0. The molecule has 1 aliphatic heterocycles. The number of nitrogens with one attached hydrogen (secondary N) is 1. The molecule has 2 aromatic carbocycles. The number of rotatable bonds is 6. The maximum Gasteiger partial charge on any atom is 0.252 e. The normalized spacial score (nSPS) is 15.8. The Kier molecular flexibility index (Phi) is 6.74. The van der Waals surface area contributed by atoms with E-state index in [-0.39, 0.29) is 11.4 Å². The summed E-state index contributed by atoms with van der Waals surface area (Å²) in [7, 11) is 4.11. The van der Waals surface area contributed by atoms with Crippen LogP contribution in [-0.4, -0.2) is 50.2 Å². The molecule has 1 N–H and O–H groups in total. The largest absolute Gasteiger partial charge is 0.381 e. The summed E-state index contributed by atoms with van der Waals surface area (Å²) in [6, 6.07) is 17.2. The van der Waals surface area contributed by atoms with Crippen LogP contribution in [-0.2, 0) is 4.74 Å². The van der Waals surface area contributed by atoms with E-state index in [0.29, 0.717) is 30.9 Å². The highest BCUT2D eigenvalue weighted by molar-refractivity contribution is 7.99. The topological polar surface area (TPSA) is 65.4 Å². The van der Waals surface area contributed by atoms with E-state index in [1.807, 2.05) is 42.5 Å². The molecule has 0 saturated carbocycles. The minimum absolute atomic E-state index is 0.0800. The number of amides is 1. The lowest BCUT2D eigenvalue weighted by Gasteiger charge is -2.42. The summed E-state index contributed by atoms with van der Waals surface area (Å²) >= 11 is 1.45. The van der Waals surface area contributed by atoms with Gasteiger partial charge >= 0.3 is 0 Å². The number of carbonyl (C=O) groups is 1. The molecule has 0 radical (unpaired) electrons. The van der Waals surface area contributed by atoms with Gasteiger partial charge in [0.1, 0.15) is 6.07 Å². The van der Waals surface area contributed by atoms with Crippen molar-refractivity contribution in [2.75, 3.05) is 33.9 Å². The summed E-state index contributed by atoms with van der Waals surface area (Å²) in [4.78, 5) is 16.9. The summed E-state index contributed by atoms with van der Waals surface area (Å²) in [5, 5.41) is 12.5. The lowest BCUT2D eigenvalue weighted by molar-refractivity contribution is -0.00659.